The molecule has 3 rings (SSSR count). The molecule has 0 bridgehead atoms. The predicted octanol–water partition coefficient (Wildman–Crippen LogP) is 4.33. The Hall–Kier alpha value is -4.32. The fourth-order valence-electron chi connectivity index (χ4n) is 4.45. The first kappa shape index (κ1) is 31.2. The smallest absolute Gasteiger partial charge is 0.336 e. The Bertz CT molecular complexity index is 1440. The second-order valence-corrected chi connectivity index (χ2v) is 10.9. The number of esters is 2. The van der Waals surface area contributed by atoms with Gasteiger partial charge in [0.1, 0.15) is 17.9 Å². The Morgan fingerprint density at radius 1 is 1.10 bits per heavy atom. The van der Waals surface area contributed by atoms with Gasteiger partial charge in [0.2, 0.25) is 0 Å². The summed E-state index contributed by atoms with van der Waals surface area (Å²) < 4.78 is 16.0. The summed E-state index contributed by atoms with van der Waals surface area (Å²) in [5, 5.41) is 17.4. The van der Waals surface area contributed by atoms with Crippen LogP contribution in [0.25, 0.3) is 5.70 Å². The summed E-state index contributed by atoms with van der Waals surface area (Å²) in [4.78, 5) is 51.5. The molecule has 0 saturated carbocycles. The van der Waals surface area contributed by atoms with Crippen molar-refractivity contribution in [1.82, 2.24) is 10.6 Å². The molecule has 218 valence electrons. The number of allylic oxidation sites excluding steroid dienone is 1. The molecule has 0 aliphatic carbocycles. The number of dihydropyridines is 1. The number of nitrogens with one attached hydrogen (secondary N) is 2. The van der Waals surface area contributed by atoms with E-state index in [0.29, 0.717) is 28.3 Å². The number of hydrogen-bond acceptors (Lipinski definition) is 10. The standard InChI is InChI=1S/C29H33N3O8S/c1-16-23(28(35)39-6)24(17-9-8-10-18(13-17)32(36)37)25(27(34)30-15-22(33)40-29(2,3)4)26(31-16)20-12-11-19(41-7)14-21(20)38-5/h8-14,24,31H,15H2,1-7H3,(H,30,34). The number of amides is 1. The lowest BCUT2D eigenvalue weighted by Gasteiger charge is -2.32. The fraction of sp³-hybridized carbons (Fsp3) is 0.345. The highest BCUT2D eigenvalue weighted by Gasteiger charge is 2.39. The summed E-state index contributed by atoms with van der Waals surface area (Å²) in [5.41, 5.74) is 0.621. The number of ether oxygens (including phenoxy) is 3. The highest BCUT2D eigenvalue weighted by Crippen LogP contribution is 2.44. The van der Waals surface area contributed by atoms with Crippen molar-refractivity contribution in [3.05, 3.63) is 80.5 Å². The quantitative estimate of drug-likeness (QED) is 0.189. The van der Waals surface area contributed by atoms with Crippen molar-refractivity contribution in [3.63, 3.8) is 0 Å². The van der Waals surface area contributed by atoms with Crippen LogP contribution in [0.1, 0.15) is 44.7 Å². The molecule has 1 heterocycles. The van der Waals surface area contributed by atoms with Crippen molar-refractivity contribution >= 4 is 41.0 Å². The van der Waals surface area contributed by atoms with Crippen LogP contribution in [0.5, 0.6) is 5.75 Å². The topological polar surface area (TPSA) is 146 Å². The van der Waals surface area contributed by atoms with E-state index in [4.69, 9.17) is 14.2 Å². The predicted molar refractivity (Wildman–Crippen MR) is 154 cm³/mol. The third kappa shape index (κ3) is 7.26. The number of hydrogen-bond donors (Lipinski definition) is 2. The van der Waals surface area contributed by atoms with Crippen molar-refractivity contribution in [1.29, 1.82) is 0 Å². The number of thioether (sulfide) groups is 1. The SMILES string of the molecule is COC(=O)C1=C(C)NC(c2ccc(SC)cc2OC)=C(C(=O)NCC(=O)OC(C)(C)C)C1c1cccc([N+](=O)[O-])c1. The average molecular weight is 584 g/mol. The van der Waals surface area contributed by atoms with Gasteiger partial charge in [-0.15, -0.1) is 11.8 Å². The first-order valence-electron chi connectivity index (χ1n) is 12.6. The zero-order valence-corrected chi connectivity index (χ0v) is 24.8. The normalized spacial score (nSPS) is 15.1. The molecule has 1 aliphatic heterocycles. The second-order valence-electron chi connectivity index (χ2n) is 10.1. The minimum Gasteiger partial charge on any atom is -0.496 e. The van der Waals surface area contributed by atoms with Crippen LogP contribution < -0.4 is 15.4 Å². The largest absolute Gasteiger partial charge is 0.496 e. The van der Waals surface area contributed by atoms with E-state index >= 15 is 0 Å². The number of non-ortho nitro benzene ring substituents is 1. The number of nitrogens with zero attached hydrogens (tertiary/aromatic N) is 1. The van der Waals surface area contributed by atoms with Gasteiger partial charge < -0.3 is 24.8 Å². The van der Waals surface area contributed by atoms with E-state index in [1.807, 2.05) is 18.4 Å². The van der Waals surface area contributed by atoms with Crippen LogP contribution in [0.4, 0.5) is 5.69 Å². The highest BCUT2D eigenvalue weighted by atomic mass is 32.2. The van der Waals surface area contributed by atoms with Crippen LogP contribution in [-0.2, 0) is 23.9 Å². The minimum atomic E-state index is -1.10. The number of methoxy groups -OCH3 is 2. The van der Waals surface area contributed by atoms with E-state index < -0.39 is 40.8 Å². The van der Waals surface area contributed by atoms with Crippen LogP contribution in [0.3, 0.4) is 0 Å². The van der Waals surface area contributed by atoms with Gasteiger partial charge in [-0.25, -0.2) is 4.79 Å². The molecule has 1 aliphatic rings. The molecule has 0 radical (unpaired) electrons. The van der Waals surface area contributed by atoms with Crippen molar-refractivity contribution in [2.75, 3.05) is 27.0 Å². The van der Waals surface area contributed by atoms with Crippen LogP contribution in [-0.4, -0.2) is 55.4 Å². The van der Waals surface area contributed by atoms with Crippen molar-refractivity contribution in [2.45, 2.75) is 44.1 Å². The minimum absolute atomic E-state index is 0.0373. The molecule has 41 heavy (non-hydrogen) atoms. The molecule has 1 amide bonds. The van der Waals surface area contributed by atoms with E-state index in [2.05, 4.69) is 10.6 Å². The maximum Gasteiger partial charge on any atom is 0.336 e. The van der Waals surface area contributed by atoms with E-state index in [1.165, 1.54) is 44.2 Å². The molecule has 12 heteroatoms. The average Bonchev–Trinajstić information content (AvgIpc) is 2.93. The van der Waals surface area contributed by atoms with Gasteiger partial charge in [-0.3, -0.25) is 19.7 Å². The summed E-state index contributed by atoms with van der Waals surface area (Å²) in [7, 11) is 2.70. The van der Waals surface area contributed by atoms with Gasteiger partial charge in [-0.2, -0.15) is 0 Å². The highest BCUT2D eigenvalue weighted by molar-refractivity contribution is 7.98. The first-order valence-corrected chi connectivity index (χ1v) is 13.8. The summed E-state index contributed by atoms with van der Waals surface area (Å²) in [6.45, 7) is 6.31. The lowest BCUT2D eigenvalue weighted by atomic mass is 9.78. The Morgan fingerprint density at radius 2 is 1.80 bits per heavy atom. The van der Waals surface area contributed by atoms with Gasteiger partial charge in [-0.1, -0.05) is 12.1 Å². The Labute approximate surface area is 242 Å². The van der Waals surface area contributed by atoms with Gasteiger partial charge in [0, 0.05) is 28.3 Å². The van der Waals surface area contributed by atoms with E-state index in [0.717, 1.165) is 4.90 Å². The maximum absolute atomic E-state index is 14.0. The van der Waals surface area contributed by atoms with Crippen molar-refractivity contribution < 1.29 is 33.5 Å². The molecule has 0 fully saturated rings. The molecule has 0 aromatic heterocycles. The lowest BCUT2D eigenvalue weighted by molar-refractivity contribution is -0.384. The van der Waals surface area contributed by atoms with E-state index in [1.54, 1.807) is 39.8 Å². The van der Waals surface area contributed by atoms with Crippen molar-refractivity contribution in [3.8, 4) is 5.75 Å². The number of carbonyl (C=O) groups is 3. The van der Waals surface area contributed by atoms with Gasteiger partial charge in [0.25, 0.3) is 11.6 Å². The van der Waals surface area contributed by atoms with Crippen LogP contribution in [0.15, 0.2) is 64.2 Å². The Morgan fingerprint density at radius 3 is 2.39 bits per heavy atom. The summed E-state index contributed by atoms with van der Waals surface area (Å²) in [6.07, 6.45) is 1.91. The lowest BCUT2D eigenvalue weighted by Crippen LogP contribution is -2.39. The summed E-state index contributed by atoms with van der Waals surface area (Å²) >= 11 is 1.50. The van der Waals surface area contributed by atoms with Gasteiger partial charge in [0.15, 0.2) is 0 Å². The first-order chi connectivity index (χ1) is 19.3. The van der Waals surface area contributed by atoms with Crippen LogP contribution in [0, 0.1) is 10.1 Å². The molecule has 11 nitrogen and oxygen atoms in total. The third-order valence-corrected chi connectivity index (χ3v) is 6.84. The van der Waals surface area contributed by atoms with Crippen LogP contribution >= 0.6 is 11.8 Å². The number of carbonyl (C=O) groups excluding carboxylic acids is 3. The molecular weight excluding hydrogens is 550 g/mol. The number of nitro benzene ring substituents is 1. The second kappa shape index (κ2) is 12.9. The van der Waals surface area contributed by atoms with Gasteiger partial charge in [-0.05, 0) is 57.7 Å². The molecular formula is C29H33N3O8S. The Kier molecular flexibility index (Phi) is 9.82. The maximum atomic E-state index is 14.0. The molecule has 1 atom stereocenters. The third-order valence-electron chi connectivity index (χ3n) is 6.12. The zero-order valence-electron chi connectivity index (χ0n) is 23.9. The number of rotatable bonds is 9. The van der Waals surface area contributed by atoms with Crippen LogP contribution in [0.2, 0.25) is 0 Å². The van der Waals surface area contributed by atoms with Gasteiger partial charge in [0.05, 0.1) is 41.9 Å². The summed E-state index contributed by atoms with van der Waals surface area (Å²) in [6, 6.07) is 11.1. The molecule has 0 spiro atoms. The van der Waals surface area contributed by atoms with E-state index in [-0.39, 0.29) is 16.8 Å². The number of nitro groups is 1. The summed E-state index contributed by atoms with van der Waals surface area (Å²) in [5.74, 6) is -2.73. The molecule has 2 aromatic rings. The zero-order chi connectivity index (χ0) is 30.5. The number of benzene rings is 2. The molecule has 0 saturated heterocycles. The van der Waals surface area contributed by atoms with Crippen molar-refractivity contribution in [2.24, 2.45) is 0 Å². The van der Waals surface area contributed by atoms with E-state index in [9.17, 15) is 24.5 Å². The monoisotopic (exact) mass is 583 g/mol. The Balaban J connectivity index is 2.30. The molecule has 1 unspecified atom stereocenters. The van der Waals surface area contributed by atoms with Gasteiger partial charge >= 0.3 is 11.9 Å². The fourth-order valence-corrected chi connectivity index (χ4v) is 4.88. The molecule has 2 aromatic carbocycles. The molecule has 2 N–H and O–H groups in total.